The Bertz CT molecular complexity index is 217. The van der Waals surface area contributed by atoms with Gasteiger partial charge >= 0.3 is 0 Å². The van der Waals surface area contributed by atoms with Gasteiger partial charge in [-0.1, -0.05) is 27.7 Å². The summed E-state index contributed by atoms with van der Waals surface area (Å²) in [7, 11) is 1.70. The Morgan fingerprint density at radius 2 is 2.06 bits per heavy atom. The molecule has 0 aromatic rings. The van der Waals surface area contributed by atoms with Gasteiger partial charge in [0.1, 0.15) is 0 Å². The minimum Gasteiger partial charge on any atom is -0.385 e. The predicted molar refractivity (Wildman–Crippen MR) is 71.0 cm³/mol. The van der Waals surface area contributed by atoms with Gasteiger partial charge in [-0.25, -0.2) is 0 Å². The third-order valence-electron chi connectivity index (χ3n) is 2.87. The van der Waals surface area contributed by atoms with Gasteiger partial charge in [0.2, 0.25) is 5.91 Å². The van der Waals surface area contributed by atoms with Gasteiger partial charge in [0.25, 0.3) is 0 Å². The number of hydrogen-bond donors (Lipinski definition) is 2. The molecule has 17 heavy (non-hydrogen) atoms. The van der Waals surface area contributed by atoms with Crippen molar-refractivity contribution in [3.63, 3.8) is 0 Å². The van der Waals surface area contributed by atoms with Crippen LogP contribution >= 0.6 is 0 Å². The van der Waals surface area contributed by atoms with Gasteiger partial charge in [-0.15, -0.1) is 0 Å². The Balaban J connectivity index is 3.88. The number of rotatable bonds is 9. The monoisotopic (exact) mass is 244 g/mol. The Morgan fingerprint density at radius 3 is 2.59 bits per heavy atom. The van der Waals surface area contributed by atoms with Crippen molar-refractivity contribution >= 4 is 5.91 Å². The zero-order valence-electron chi connectivity index (χ0n) is 11.9. The summed E-state index contributed by atoms with van der Waals surface area (Å²) >= 11 is 0. The van der Waals surface area contributed by atoms with Crippen molar-refractivity contribution in [2.45, 2.75) is 34.1 Å². The van der Waals surface area contributed by atoms with Gasteiger partial charge in [-0.05, 0) is 18.4 Å². The molecule has 0 aliphatic rings. The maximum Gasteiger partial charge on any atom is 0.224 e. The van der Waals surface area contributed by atoms with E-state index in [-0.39, 0.29) is 17.2 Å². The minimum absolute atomic E-state index is 0.0215. The maximum absolute atomic E-state index is 11.8. The normalized spacial score (nSPS) is 13.5. The summed E-state index contributed by atoms with van der Waals surface area (Å²) in [6.45, 7) is 11.3. The number of carbonyl (C=O) groups is 1. The molecule has 2 N–H and O–H groups in total. The largest absolute Gasteiger partial charge is 0.385 e. The van der Waals surface area contributed by atoms with Gasteiger partial charge in [0.05, 0.1) is 0 Å². The zero-order valence-corrected chi connectivity index (χ0v) is 11.9. The Morgan fingerprint density at radius 1 is 1.41 bits per heavy atom. The van der Waals surface area contributed by atoms with Crippen molar-refractivity contribution < 1.29 is 9.53 Å². The highest BCUT2D eigenvalue weighted by Gasteiger charge is 2.20. The summed E-state index contributed by atoms with van der Waals surface area (Å²) in [4.78, 5) is 11.8. The third kappa shape index (κ3) is 8.16. The van der Waals surface area contributed by atoms with Crippen LogP contribution in [0.3, 0.4) is 0 Å². The third-order valence-corrected chi connectivity index (χ3v) is 2.87. The van der Waals surface area contributed by atoms with E-state index in [4.69, 9.17) is 4.74 Å². The van der Waals surface area contributed by atoms with Crippen molar-refractivity contribution in [2.75, 3.05) is 33.4 Å². The SMILES string of the molecule is CCNCC(C)C(=O)NCC(C)(C)CCOC. The van der Waals surface area contributed by atoms with E-state index in [1.165, 1.54) is 0 Å². The molecular formula is C13H28N2O2. The second-order valence-electron chi connectivity index (χ2n) is 5.33. The van der Waals surface area contributed by atoms with Crippen LogP contribution in [-0.2, 0) is 9.53 Å². The molecule has 4 nitrogen and oxygen atoms in total. The second kappa shape index (κ2) is 8.48. The molecule has 0 fully saturated rings. The lowest BCUT2D eigenvalue weighted by atomic mass is 9.89. The number of ether oxygens (including phenoxy) is 1. The first-order valence-electron chi connectivity index (χ1n) is 6.40. The standard InChI is InChI=1S/C13H28N2O2/c1-6-14-9-11(2)12(16)15-10-13(3,4)7-8-17-5/h11,14H,6-10H2,1-5H3,(H,15,16). The van der Waals surface area contributed by atoms with E-state index >= 15 is 0 Å². The molecule has 0 aliphatic heterocycles. The molecule has 0 heterocycles. The van der Waals surface area contributed by atoms with Crippen LogP contribution in [0.5, 0.6) is 0 Å². The van der Waals surface area contributed by atoms with Crippen molar-refractivity contribution in [1.29, 1.82) is 0 Å². The van der Waals surface area contributed by atoms with Gasteiger partial charge in [-0.3, -0.25) is 4.79 Å². The van der Waals surface area contributed by atoms with Crippen LogP contribution in [0.15, 0.2) is 0 Å². The molecule has 0 aliphatic carbocycles. The van der Waals surface area contributed by atoms with Crippen molar-refractivity contribution in [3.8, 4) is 0 Å². The molecule has 102 valence electrons. The average molecular weight is 244 g/mol. The number of carbonyl (C=O) groups excluding carboxylic acids is 1. The minimum atomic E-state index is 0.0215. The van der Waals surface area contributed by atoms with E-state index in [9.17, 15) is 4.79 Å². The van der Waals surface area contributed by atoms with Crippen LogP contribution in [0.1, 0.15) is 34.1 Å². The molecule has 0 spiro atoms. The summed E-state index contributed by atoms with van der Waals surface area (Å²) in [6, 6.07) is 0. The van der Waals surface area contributed by atoms with Gasteiger partial charge in [-0.2, -0.15) is 0 Å². The second-order valence-corrected chi connectivity index (χ2v) is 5.33. The van der Waals surface area contributed by atoms with Crippen LogP contribution in [0.25, 0.3) is 0 Å². The molecule has 0 radical (unpaired) electrons. The summed E-state index contributed by atoms with van der Waals surface area (Å²) in [5.74, 6) is 0.143. The number of methoxy groups -OCH3 is 1. The molecule has 1 amide bonds. The lowest BCUT2D eigenvalue weighted by Gasteiger charge is -2.25. The molecule has 0 aromatic carbocycles. The fourth-order valence-electron chi connectivity index (χ4n) is 1.42. The molecule has 0 saturated heterocycles. The molecule has 4 heteroatoms. The molecule has 0 aromatic heterocycles. The number of nitrogens with one attached hydrogen (secondary N) is 2. The first-order valence-corrected chi connectivity index (χ1v) is 6.40. The van der Waals surface area contributed by atoms with E-state index in [2.05, 4.69) is 24.5 Å². The van der Waals surface area contributed by atoms with E-state index in [0.717, 1.165) is 26.1 Å². The van der Waals surface area contributed by atoms with Gasteiger partial charge in [0, 0.05) is 32.7 Å². The van der Waals surface area contributed by atoms with Crippen molar-refractivity contribution in [3.05, 3.63) is 0 Å². The average Bonchev–Trinajstić information content (AvgIpc) is 2.30. The maximum atomic E-state index is 11.8. The fraction of sp³-hybridized carbons (Fsp3) is 0.923. The molecule has 0 rings (SSSR count). The van der Waals surface area contributed by atoms with Gasteiger partial charge in [0.15, 0.2) is 0 Å². The molecule has 0 saturated carbocycles. The molecule has 1 unspecified atom stereocenters. The van der Waals surface area contributed by atoms with Crippen LogP contribution in [0, 0.1) is 11.3 Å². The summed E-state index contributed by atoms with van der Waals surface area (Å²) in [5.41, 5.74) is 0.0869. The van der Waals surface area contributed by atoms with E-state index in [0.29, 0.717) is 6.54 Å². The number of amides is 1. The molecule has 1 atom stereocenters. The Labute approximate surface area is 105 Å². The Kier molecular flexibility index (Phi) is 8.17. The lowest BCUT2D eigenvalue weighted by molar-refractivity contribution is -0.124. The summed E-state index contributed by atoms with van der Waals surface area (Å²) in [5, 5.41) is 6.19. The first kappa shape index (κ1) is 16.4. The lowest BCUT2D eigenvalue weighted by Crippen LogP contribution is -2.40. The quantitative estimate of drug-likeness (QED) is 0.645. The zero-order chi connectivity index (χ0) is 13.3. The van der Waals surface area contributed by atoms with E-state index < -0.39 is 0 Å². The topological polar surface area (TPSA) is 50.4 Å². The summed E-state index contributed by atoms with van der Waals surface area (Å²) < 4.78 is 5.06. The van der Waals surface area contributed by atoms with E-state index in [1.54, 1.807) is 7.11 Å². The predicted octanol–water partition coefficient (Wildman–Crippen LogP) is 1.41. The fourth-order valence-corrected chi connectivity index (χ4v) is 1.42. The van der Waals surface area contributed by atoms with Crippen molar-refractivity contribution in [1.82, 2.24) is 10.6 Å². The molecular weight excluding hydrogens is 216 g/mol. The van der Waals surface area contributed by atoms with Crippen LogP contribution < -0.4 is 10.6 Å². The number of hydrogen-bond acceptors (Lipinski definition) is 3. The van der Waals surface area contributed by atoms with Crippen LogP contribution in [0.2, 0.25) is 0 Å². The van der Waals surface area contributed by atoms with Crippen LogP contribution in [-0.4, -0.2) is 39.3 Å². The first-order chi connectivity index (χ1) is 7.93. The van der Waals surface area contributed by atoms with Crippen LogP contribution in [0.4, 0.5) is 0 Å². The highest BCUT2D eigenvalue weighted by atomic mass is 16.5. The highest BCUT2D eigenvalue weighted by Crippen LogP contribution is 2.18. The smallest absolute Gasteiger partial charge is 0.224 e. The Hall–Kier alpha value is -0.610. The van der Waals surface area contributed by atoms with E-state index in [1.807, 2.05) is 13.8 Å². The van der Waals surface area contributed by atoms with Gasteiger partial charge < -0.3 is 15.4 Å². The summed E-state index contributed by atoms with van der Waals surface area (Å²) in [6.07, 6.45) is 0.950. The molecule has 0 bridgehead atoms. The highest BCUT2D eigenvalue weighted by molar-refractivity contribution is 5.78. The van der Waals surface area contributed by atoms with Crippen molar-refractivity contribution in [2.24, 2.45) is 11.3 Å².